The highest BCUT2D eigenvalue weighted by atomic mass is 14.4. The summed E-state index contributed by atoms with van der Waals surface area (Å²) in [6.07, 6.45) is 10.2. The van der Waals surface area contributed by atoms with Gasteiger partial charge in [-0.25, -0.2) is 0 Å². The molecule has 2 aliphatic carbocycles. The predicted octanol–water partition coefficient (Wildman–Crippen LogP) is 6.46. The maximum absolute atomic E-state index is 8.30. The zero-order chi connectivity index (χ0) is 18.1. The van der Waals surface area contributed by atoms with E-state index in [1.165, 1.54) is 33.4 Å². The Balaban J connectivity index is 1.88. The van der Waals surface area contributed by atoms with Crippen LogP contribution in [0, 0.1) is 5.41 Å². The zero-order valence-electron chi connectivity index (χ0n) is 15.5. The third-order valence-corrected chi connectivity index (χ3v) is 5.60. The Labute approximate surface area is 156 Å². The van der Waals surface area contributed by atoms with E-state index >= 15 is 0 Å². The second-order valence-corrected chi connectivity index (χ2v) is 7.31. The fraction of sp³-hybridized carbons (Fsp3) is 0.240. The van der Waals surface area contributed by atoms with Crippen molar-refractivity contribution in [3.8, 4) is 0 Å². The van der Waals surface area contributed by atoms with E-state index < -0.39 is 0 Å². The third-order valence-electron chi connectivity index (χ3n) is 5.60. The van der Waals surface area contributed by atoms with Gasteiger partial charge in [0.15, 0.2) is 0 Å². The molecular formula is C25H25N. The number of fused-ring (bicyclic) bond motifs is 1. The van der Waals surface area contributed by atoms with Crippen molar-refractivity contribution in [2.45, 2.75) is 39.0 Å². The quantitative estimate of drug-likeness (QED) is 0.618. The zero-order valence-corrected chi connectivity index (χ0v) is 15.5. The summed E-state index contributed by atoms with van der Waals surface area (Å²) in [7, 11) is 0. The first-order valence-electron chi connectivity index (χ1n) is 9.47. The molecule has 1 nitrogen and oxygen atoms in total. The van der Waals surface area contributed by atoms with Gasteiger partial charge in [0, 0.05) is 11.6 Å². The minimum Gasteiger partial charge on any atom is -0.305 e. The number of benzene rings is 2. The molecule has 0 saturated carbocycles. The summed E-state index contributed by atoms with van der Waals surface area (Å²) in [5.74, 6) is 0.317. The van der Waals surface area contributed by atoms with E-state index in [1.807, 2.05) is 6.92 Å². The van der Waals surface area contributed by atoms with Gasteiger partial charge in [-0.05, 0) is 72.1 Å². The lowest BCUT2D eigenvalue weighted by Crippen LogP contribution is -2.10. The van der Waals surface area contributed by atoms with E-state index in [2.05, 4.69) is 73.7 Å². The number of allylic oxidation sites excluding steroid dienone is 6. The van der Waals surface area contributed by atoms with E-state index in [0.29, 0.717) is 11.6 Å². The summed E-state index contributed by atoms with van der Waals surface area (Å²) in [6.45, 7) is 4.16. The lowest BCUT2D eigenvalue weighted by Gasteiger charge is -2.22. The lowest BCUT2D eigenvalue weighted by molar-refractivity contribution is 0.807. The lowest BCUT2D eigenvalue weighted by atomic mass is 9.82. The van der Waals surface area contributed by atoms with Crippen molar-refractivity contribution in [1.82, 2.24) is 0 Å². The molecule has 2 aromatic carbocycles. The SMILES string of the molecule is CC(=N)c1cccc2c1[C@H](Cc1ccccc1)C(C1=CCCC=C1)=C2C. The molecule has 130 valence electrons. The van der Waals surface area contributed by atoms with Gasteiger partial charge in [0.1, 0.15) is 0 Å². The van der Waals surface area contributed by atoms with Gasteiger partial charge >= 0.3 is 0 Å². The summed E-state index contributed by atoms with van der Waals surface area (Å²) in [4.78, 5) is 0. The molecule has 0 bridgehead atoms. The smallest absolute Gasteiger partial charge is 0.0358 e. The molecule has 0 spiro atoms. The minimum atomic E-state index is 0.317. The molecule has 0 aromatic heterocycles. The normalized spacial score (nSPS) is 18.7. The standard InChI is InChI=1S/C25H25N/c1-17-21-14-9-15-22(18(2)26)25(21)23(16-19-10-5-3-6-11-19)24(17)20-12-7-4-8-13-20/h3,5-7,9-15,23,26H,4,8,16H2,1-2H3/t23-/m1/s1. The molecule has 0 fully saturated rings. The van der Waals surface area contributed by atoms with Crippen molar-refractivity contribution >= 4 is 11.3 Å². The second kappa shape index (κ2) is 6.92. The fourth-order valence-electron chi connectivity index (χ4n) is 4.43. The average Bonchev–Trinajstić information content (AvgIpc) is 2.95. The van der Waals surface area contributed by atoms with E-state index in [9.17, 15) is 0 Å². The van der Waals surface area contributed by atoms with Gasteiger partial charge in [0.05, 0.1) is 0 Å². The van der Waals surface area contributed by atoms with Gasteiger partial charge in [-0.15, -0.1) is 0 Å². The van der Waals surface area contributed by atoms with Gasteiger partial charge in [-0.1, -0.05) is 66.8 Å². The summed E-state index contributed by atoms with van der Waals surface area (Å²) in [6, 6.07) is 17.2. The summed E-state index contributed by atoms with van der Waals surface area (Å²) in [5, 5.41) is 8.30. The van der Waals surface area contributed by atoms with Gasteiger partial charge in [-0.2, -0.15) is 0 Å². The molecule has 1 atom stereocenters. The van der Waals surface area contributed by atoms with E-state index in [-0.39, 0.29) is 0 Å². The Bertz CT molecular complexity index is 941. The Morgan fingerprint density at radius 3 is 2.54 bits per heavy atom. The largest absolute Gasteiger partial charge is 0.305 e. The highest BCUT2D eigenvalue weighted by molar-refractivity contribution is 6.01. The van der Waals surface area contributed by atoms with Gasteiger partial charge in [0.25, 0.3) is 0 Å². The van der Waals surface area contributed by atoms with Gasteiger partial charge in [0.2, 0.25) is 0 Å². The van der Waals surface area contributed by atoms with Crippen molar-refractivity contribution in [1.29, 1.82) is 5.41 Å². The van der Waals surface area contributed by atoms with Gasteiger partial charge < -0.3 is 5.41 Å². The Hall–Kier alpha value is -2.67. The molecule has 0 saturated heterocycles. The predicted molar refractivity (Wildman–Crippen MR) is 111 cm³/mol. The van der Waals surface area contributed by atoms with Crippen molar-refractivity contribution in [3.63, 3.8) is 0 Å². The molecule has 0 aliphatic heterocycles. The van der Waals surface area contributed by atoms with E-state index in [0.717, 1.165) is 24.8 Å². The number of hydrogen-bond acceptors (Lipinski definition) is 1. The van der Waals surface area contributed by atoms with E-state index in [1.54, 1.807) is 0 Å². The molecule has 0 radical (unpaired) electrons. The van der Waals surface area contributed by atoms with Crippen LogP contribution in [0.1, 0.15) is 54.9 Å². The van der Waals surface area contributed by atoms with Crippen LogP contribution in [0.5, 0.6) is 0 Å². The van der Waals surface area contributed by atoms with Crippen LogP contribution in [0.4, 0.5) is 0 Å². The van der Waals surface area contributed by atoms with Crippen LogP contribution in [-0.4, -0.2) is 5.71 Å². The molecule has 0 amide bonds. The highest BCUT2D eigenvalue weighted by Crippen LogP contribution is 2.48. The first-order valence-corrected chi connectivity index (χ1v) is 9.47. The average molecular weight is 339 g/mol. The maximum atomic E-state index is 8.30. The molecule has 1 N–H and O–H groups in total. The van der Waals surface area contributed by atoms with Gasteiger partial charge in [-0.3, -0.25) is 0 Å². The first kappa shape index (κ1) is 16.8. The van der Waals surface area contributed by atoms with Crippen molar-refractivity contribution in [2.24, 2.45) is 0 Å². The van der Waals surface area contributed by atoms with Crippen LogP contribution >= 0.6 is 0 Å². The minimum absolute atomic E-state index is 0.317. The van der Waals surface area contributed by atoms with Crippen LogP contribution in [0.3, 0.4) is 0 Å². The number of nitrogens with one attached hydrogen (secondary N) is 1. The van der Waals surface area contributed by atoms with Crippen molar-refractivity contribution in [3.05, 3.63) is 100 Å². The maximum Gasteiger partial charge on any atom is 0.0358 e. The summed E-state index contributed by atoms with van der Waals surface area (Å²) < 4.78 is 0. The summed E-state index contributed by atoms with van der Waals surface area (Å²) >= 11 is 0. The first-order chi connectivity index (χ1) is 12.7. The highest BCUT2D eigenvalue weighted by Gasteiger charge is 2.33. The molecule has 0 heterocycles. The van der Waals surface area contributed by atoms with Crippen LogP contribution in [0.2, 0.25) is 0 Å². The second-order valence-electron chi connectivity index (χ2n) is 7.31. The molecular weight excluding hydrogens is 314 g/mol. The Kier molecular flexibility index (Phi) is 4.46. The molecule has 26 heavy (non-hydrogen) atoms. The van der Waals surface area contributed by atoms with Crippen LogP contribution in [0.15, 0.2) is 77.9 Å². The van der Waals surface area contributed by atoms with Crippen LogP contribution in [0.25, 0.3) is 5.57 Å². The molecule has 2 aliphatic rings. The van der Waals surface area contributed by atoms with Crippen molar-refractivity contribution < 1.29 is 0 Å². The van der Waals surface area contributed by atoms with Crippen molar-refractivity contribution in [2.75, 3.05) is 0 Å². The van der Waals surface area contributed by atoms with E-state index in [4.69, 9.17) is 5.41 Å². The Morgan fingerprint density at radius 2 is 1.85 bits per heavy atom. The monoisotopic (exact) mass is 339 g/mol. The number of rotatable bonds is 4. The van der Waals surface area contributed by atoms with Crippen LogP contribution in [-0.2, 0) is 6.42 Å². The summed E-state index contributed by atoms with van der Waals surface area (Å²) in [5.41, 5.74) is 9.98. The molecule has 1 heteroatoms. The Morgan fingerprint density at radius 1 is 1.04 bits per heavy atom. The fourth-order valence-corrected chi connectivity index (χ4v) is 4.43. The third kappa shape index (κ3) is 2.88. The molecule has 4 rings (SSSR count). The van der Waals surface area contributed by atoms with Crippen LogP contribution < -0.4 is 0 Å². The topological polar surface area (TPSA) is 23.9 Å². The molecule has 0 unspecified atom stereocenters. The number of hydrogen-bond donors (Lipinski definition) is 1. The molecule has 2 aromatic rings.